The van der Waals surface area contributed by atoms with Gasteiger partial charge in [0.15, 0.2) is 0 Å². The Hall–Kier alpha value is -2.69. The summed E-state index contributed by atoms with van der Waals surface area (Å²) in [7, 11) is 2.49. The van der Waals surface area contributed by atoms with E-state index in [4.69, 9.17) is 9.47 Å². The summed E-state index contributed by atoms with van der Waals surface area (Å²) < 4.78 is 9.69. The van der Waals surface area contributed by atoms with Crippen LogP contribution in [0.2, 0.25) is 0 Å². The van der Waals surface area contributed by atoms with Crippen molar-refractivity contribution in [2.75, 3.05) is 14.2 Å². The smallest absolute Gasteiger partial charge is 0.329 e. The molecule has 0 fully saturated rings. The van der Waals surface area contributed by atoms with Gasteiger partial charge in [-0.25, -0.2) is 0 Å². The molecule has 0 saturated heterocycles. The third-order valence-electron chi connectivity index (χ3n) is 3.83. The van der Waals surface area contributed by atoms with Crippen LogP contribution in [-0.2, 0) is 19.1 Å². The lowest BCUT2D eigenvalue weighted by atomic mass is 9.79. The first-order valence-electron chi connectivity index (χ1n) is 7.19. The first kappa shape index (κ1) is 16.7. The Kier molecular flexibility index (Phi) is 5.11. The lowest BCUT2D eigenvalue weighted by Crippen LogP contribution is -2.45. The van der Waals surface area contributed by atoms with Gasteiger partial charge in [-0.3, -0.25) is 14.6 Å². The van der Waals surface area contributed by atoms with E-state index in [1.165, 1.54) is 14.2 Å². The average Bonchev–Trinajstić information content (AvgIpc) is 2.99. The van der Waals surface area contributed by atoms with Crippen molar-refractivity contribution in [3.05, 3.63) is 54.6 Å². The Balaban J connectivity index is 2.46. The maximum Gasteiger partial charge on any atom is 0.329 e. The minimum absolute atomic E-state index is 0.157. The number of nitrogens with zero attached hydrogens (tertiary/aromatic N) is 1. The molecule has 1 aliphatic rings. The number of carbonyl (C=O) groups excluding carboxylic acids is 2. The van der Waals surface area contributed by atoms with Crippen LogP contribution in [-0.4, -0.2) is 37.9 Å². The van der Waals surface area contributed by atoms with Crippen molar-refractivity contribution in [1.82, 2.24) is 0 Å². The molecular formula is C18H19NO4. The molecule has 5 heteroatoms. The van der Waals surface area contributed by atoms with Crippen molar-refractivity contribution in [3.8, 4) is 0 Å². The fourth-order valence-electron chi connectivity index (χ4n) is 2.62. The average molecular weight is 313 g/mol. The topological polar surface area (TPSA) is 65.0 Å². The van der Waals surface area contributed by atoms with Crippen LogP contribution < -0.4 is 0 Å². The number of carbonyl (C=O) groups is 2. The number of rotatable bonds is 5. The van der Waals surface area contributed by atoms with E-state index in [1.807, 2.05) is 30.3 Å². The highest BCUT2D eigenvalue weighted by molar-refractivity contribution is 6.27. The van der Waals surface area contributed by atoms with E-state index in [0.717, 1.165) is 5.56 Å². The summed E-state index contributed by atoms with van der Waals surface area (Å²) in [5, 5.41) is 0. The van der Waals surface area contributed by atoms with Crippen LogP contribution in [0.25, 0.3) is 6.08 Å². The summed E-state index contributed by atoms with van der Waals surface area (Å²) in [6.45, 7) is 3.70. The van der Waals surface area contributed by atoms with Crippen molar-refractivity contribution in [1.29, 1.82) is 0 Å². The number of ether oxygens (including phenoxy) is 2. The molecule has 1 heterocycles. The van der Waals surface area contributed by atoms with Crippen LogP contribution in [0.4, 0.5) is 0 Å². The van der Waals surface area contributed by atoms with Crippen LogP contribution in [0.3, 0.4) is 0 Å². The normalized spacial score (nSPS) is 19.2. The van der Waals surface area contributed by atoms with Gasteiger partial charge in [0.05, 0.1) is 26.0 Å². The summed E-state index contributed by atoms with van der Waals surface area (Å²) in [6, 6.07) is 9.19. The third kappa shape index (κ3) is 3.08. The zero-order chi connectivity index (χ0) is 16.9. The Bertz CT molecular complexity index is 645. The Labute approximate surface area is 135 Å². The van der Waals surface area contributed by atoms with Gasteiger partial charge in [-0.15, -0.1) is 6.58 Å². The van der Waals surface area contributed by atoms with Gasteiger partial charge in [0.1, 0.15) is 0 Å². The first-order chi connectivity index (χ1) is 11.1. The minimum atomic E-state index is -1.55. The summed E-state index contributed by atoms with van der Waals surface area (Å²) in [5.74, 6) is -1.35. The lowest BCUT2D eigenvalue weighted by molar-refractivity contribution is -0.163. The fraction of sp³-hybridized carbons (Fsp3) is 0.278. The fourth-order valence-corrected chi connectivity index (χ4v) is 2.62. The number of hydrogen-bond acceptors (Lipinski definition) is 5. The van der Waals surface area contributed by atoms with Gasteiger partial charge in [0.2, 0.25) is 5.41 Å². The monoisotopic (exact) mass is 313 g/mol. The molecule has 0 saturated carbocycles. The Morgan fingerprint density at radius 1 is 1.17 bits per heavy atom. The summed E-state index contributed by atoms with van der Waals surface area (Å²) in [5.41, 5.74) is -0.293. The van der Waals surface area contributed by atoms with Gasteiger partial charge in [0.25, 0.3) is 0 Å². The van der Waals surface area contributed by atoms with Crippen molar-refractivity contribution in [2.24, 2.45) is 10.4 Å². The molecule has 0 amide bonds. The summed E-state index contributed by atoms with van der Waals surface area (Å²) in [6.07, 6.45) is 5.21. The van der Waals surface area contributed by atoms with Gasteiger partial charge in [-0.1, -0.05) is 42.5 Å². The molecule has 1 aliphatic heterocycles. The molecular weight excluding hydrogens is 294 g/mol. The molecule has 23 heavy (non-hydrogen) atoms. The second kappa shape index (κ2) is 7.05. The quantitative estimate of drug-likeness (QED) is 0.476. The highest BCUT2D eigenvalue weighted by Gasteiger charge is 2.56. The number of methoxy groups -OCH3 is 2. The van der Waals surface area contributed by atoms with Crippen LogP contribution in [0, 0.1) is 5.41 Å². The Morgan fingerprint density at radius 2 is 1.78 bits per heavy atom. The van der Waals surface area contributed by atoms with Gasteiger partial charge in [-0.05, 0) is 11.6 Å². The largest absolute Gasteiger partial charge is 0.468 e. The zero-order valence-electron chi connectivity index (χ0n) is 13.2. The van der Waals surface area contributed by atoms with E-state index in [2.05, 4.69) is 11.6 Å². The SMILES string of the molecule is C=CC1CC(C(=O)OC)(C(=O)OC)C(/C=C/c2ccccc2)=N1. The van der Waals surface area contributed by atoms with Crippen LogP contribution in [0.5, 0.6) is 0 Å². The van der Waals surface area contributed by atoms with E-state index in [0.29, 0.717) is 5.71 Å². The van der Waals surface area contributed by atoms with Crippen molar-refractivity contribution < 1.29 is 19.1 Å². The summed E-state index contributed by atoms with van der Waals surface area (Å²) in [4.78, 5) is 29.1. The Morgan fingerprint density at radius 3 is 2.30 bits per heavy atom. The van der Waals surface area contributed by atoms with E-state index in [9.17, 15) is 9.59 Å². The van der Waals surface area contributed by atoms with Crippen LogP contribution >= 0.6 is 0 Å². The molecule has 5 nitrogen and oxygen atoms in total. The van der Waals surface area contributed by atoms with E-state index < -0.39 is 17.4 Å². The molecule has 0 radical (unpaired) electrons. The predicted molar refractivity (Wildman–Crippen MR) is 88.0 cm³/mol. The zero-order valence-corrected chi connectivity index (χ0v) is 13.2. The van der Waals surface area contributed by atoms with E-state index in [-0.39, 0.29) is 12.5 Å². The van der Waals surface area contributed by atoms with E-state index >= 15 is 0 Å². The number of hydrogen-bond donors (Lipinski definition) is 0. The van der Waals surface area contributed by atoms with E-state index in [1.54, 1.807) is 18.2 Å². The maximum atomic E-state index is 12.3. The van der Waals surface area contributed by atoms with Crippen molar-refractivity contribution in [3.63, 3.8) is 0 Å². The molecule has 0 N–H and O–H groups in total. The molecule has 2 rings (SSSR count). The summed E-state index contributed by atoms with van der Waals surface area (Å²) >= 11 is 0. The molecule has 1 aromatic carbocycles. The number of aliphatic imine (C=N–C) groups is 1. The molecule has 1 aromatic rings. The number of allylic oxidation sites excluding steroid dienone is 1. The molecule has 1 atom stereocenters. The van der Waals surface area contributed by atoms with Crippen molar-refractivity contribution in [2.45, 2.75) is 12.5 Å². The maximum absolute atomic E-state index is 12.3. The molecule has 0 spiro atoms. The minimum Gasteiger partial charge on any atom is -0.468 e. The first-order valence-corrected chi connectivity index (χ1v) is 7.19. The molecule has 120 valence electrons. The second-order valence-electron chi connectivity index (χ2n) is 5.15. The standard InChI is InChI=1S/C18H19NO4/c1-4-14-12-18(16(20)22-2,17(21)23-3)15(19-14)11-10-13-8-6-5-7-9-13/h4-11,14H,1,12H2,2-3H3/b11-10+. The number of benzene rings is 1. The van der Waals surface area contributed by atoms with Crippen LogP contribution in [0.1, 0.15) is 12.0 Å². The van der Waals surface area contributed by atoms with Crippen molar-refractivity contribution >= 4 is 23.7 Å². The highest BCUT2D eigenvalue weighted by atomic mass is 16.5. The van der Waals surface area contributed by atoms with Gasteiger partial charge in [0, 0.05) is 6.42 Å². The molecule has 1 unspecified atom stereocenters. The van der Waals surface area contributed by atoms with Gasteiger partial charge >= 0.3 is 11.9 Å². The molecule has 0 bridgehead atoms. The second-order valence-corrected chi connectivity index (χ2v) is 5.15. The highest BCUT2D eigenvalue weighted by Crippen LogP contribution is 2.37. The third-order valence-corrected chi connectivity index (χ3v) is 3.83. The predicted octanol–water partition coefficient (Wildman–Crippen LogP) is 2.43. The molecule has 0 aromatic heterocycles. The number of esters is 2. The van der Waals surface area contributed by atoms with Gasteiger partial charge in [-0.2, -0.15) is 0 Å². The van der Waals surface area contributed by atoms with Gasteiger partial charge < -0.3 is 9.47 Å². The lowest BCUT2D eigenvalue weighted by Gasteiger charge is -2.23. The molecule has 0 aliphatic carbocycles. The van der Waals surface area contributed by atoms with Crippen LogP contribution in [0.15, 0.2) is 54.1 Å².